The predicted octanol–water partition coefficient (Wildman–Crippen LogP) is 16.8. The van der Waals surface area contributed by atoms with E-state index in [9.17, 15) is 0 Å². The highest BCUT2D eigenvalue weighted by Gasteiger charge is 2.54. The molecule has 15 rings (SSSR count). The average Bonchev–Trinajstić information content (AvgIpc) is 3.94. The number of benzene rings is 10. The van der Waals surface area contributed by atoms with Gasteiger partial charge in [-0.1, -0.05) is 202 Å². The molecule has 3 heteroatoms. The van der Waals surface area contributed by atoms with Crippen LogP contribution in [0.5, 0.6) is 11.5 Å². The van der Waals surface area contributed by atoms with E-state index in [-0.39, 0.29) is 5.41 Å². The van der Waals surface area contributed by atoms with E-state index in [1.165, 1.54) is 87.7 Å². The van der Waals surface area contributed by atoms with Crippen LogP contribution in [0, 0.1) is 0 Å². The molecule has 0 N–H and O–H groups in total. The Morgan fingerprint density at radius 2 is 0.750 bits per heavy atom. The summed E-state index contributed by atoms with van der Waals surface area (Å²) in [7, 11) is 0. The number of ether oxygens (including phenoxy) is 1. The molecule has 2 nitrogen and oxygen atoms in total. The Bertz CT molecular complexity index is 3530. The number of anilines is 3. The Morgan fingerprint density at radius 3 is 1.31 bits per heavy atom. The minimum absolute atomic E-state index is 0.194. The van der Waals surface area contributed by atoms with Crippen LogP contribution in [0.15, 0.2) is 234 Å². The predicted molar refractivity (Wildman–Crippen MR) is 277 cm³/mol. The molecule has 10 aromatic rings. The molecule has 0 saturated heterocycles. The van der Waals surface area contributed by atoms with E-state index < -0.39 is 10.8 Å². The lowest BCUT2D eigenvalue weighted by atomic mass is 9.66. The largest absolute Gasteiger partial charge is 0.457 e. The number of nitrogens with zero attached hydrogens (tertiary/aromatic N) is 1. The first-order valence-electron chi connectivity index (χ1n) is 23.8. The van der Waals surface area contributed by atoms with Crippen LogP contribution >= 0.6 is 11.8 Å². The van der Waals surface area contributed by atoms with Crippen LogP contribution in [0.2, 0.25) is 0 Å². The zero-order valence-corrected chi connectivity index (χ0v) is 38.4. The smallest absolute Gasteiger partial charge is 0.132 e. The minimum Gasteiger partial charge on any atom is -0.457 e. The molecular formula is C65H43NOS. The van der Waals surface area contributed by atoms with E-state index >= 15 is 0 Å². The number of hydrogen-bond donors (Lipinski definition) is 0. The van der Waals surface area contributed by atoms with Crippen molar-refractivity contribution in [1.29, 1.82) is 0 Å². The van der Waals surface area contributed by atoms with Crippen LogP contribution in [0.1, 0.15) is 69.5 Å². The quantitative estimate of drug-likeness (QED) is 0.175. The van der Waals surface area contributed by atoms with Gasteiger partial charge in [-0.25, -0.2) is 0 Å². The summed E-state index contributed by atoms with van der Waals surface area (Å²) in [5.74, 6) is 1.79. The second-order valence-electron chi connectivity index (χ2n) is 19.4. The topological polar surface area (TPSA) is 12.5 Å². The van der Waals surface area contributed by atoms with Crippen LogP contribution in [0.4, 0.5) is 17.1 Å². The molecule has 5 aliphatic rings. The second kappa shape index (κ2) is 13.6. The van der Waals surface area contributed by atoms with Gasteiger partial charge in [-0.05, 0) is 115 Å². The fraction of sp³-hybridized carbons (Fsp3) is 0.0769. The Hall–Kier alpha value is -7.85. The molecule has 0 unspecified atom stereocenters. The van der Waals surface area contributed by atoms with Crippen molar-refractivity contribution in [3.8, 4) is 44.9 Å². The van der Waals surface area contributed by atoms with Gasteiger partial charge in [-0.3, -0.25) is 0 Å². The number of hydrogen-bond acceptors (Lipinski definition) is 3. The van der Waals surface area contributed by atoms with Gasteiger partial charge in [-0.2, -0.15) is 0 Å². The molecule has 68 heavy (non-hydrogen) atoms. The Morgan fingerprint density at radius 1 is 0.338 bits per heavy atom. The third-order valence-electron chi connectivity index (χ3n) is 16.0. The van der Waals surface area contributed by atoms with Gasteiger partial charge in [0, 0.05) is 43.1 Å². The Kier molecular flexibility index (Phi) is 7.67. The third kappa shape index (κ3) is 4.65. The molecule has 10 aromatic carbocycles. The van der Waals surface area contributed by atoms with Crippen molar-refractivity contribution in [2.45, 2.75) is 39.9 Å². The van der Waals surface area contributed by atoms with Crippen LogP contribution in [-0.4, -0.2) is 0 Å². The standard InChI is InChI=1S/C65H43NOS/c1-63(2)45-22-6-3-19-41(45)42-38-37-40(39-54(42)63)66(55-31-17-29-52-61(55)43-20-4-7-23-46(43)64(52)48-25-9-13-33-57(48)67-58-34-14-10-26-49(58)64)56-32-18-30-53-62(56)44-21-5-8-24-47(44)65(53)50-27-11-15-35-59(50)68-60-36-16-12-28-51(60)65/h3-39H,1-2H3. The zero-order chi connectivity index (χ0) is 44.9. The minimum atomic E-state index is -0.608. The first-order chi connectivity index (χ1) is 33.5. The Labute approximate surface area is 401 Å². The molecule has 2 heterocycles. The lowest BCUT2D eigenvalue weighted by Crippen LogP contribution is -2.32. The van der Waals surface area contributed by atoms with E-state index in [1.807, 2.05) is 11.8 Å². The van der Waals surface area contributed by atoms with Gasteiger partial charge < -0.3 is 9.64 Å². The summed E-state index contributed by atoms with van der Waals surface area (Å²) in [6.07, 6.45) is 0. The fourth-order valence-corrected chi connectivity index (χ4v) is 14.6. The average molecular weight is 886 g/mol. The monoisotopic (exact) mass is 885 g/mol. The number of fused-ring (bicyclic) bond motifs is 21. The van der Waals surface area contributed by atoms with Crippen molar-refractivity contribution in [1.82, 2.24) is 0 Å². The highest BCUT2D eigenvalue weighted by atomic mass is 32.2. The lowest BCUT2D eigenvalue weighted by Gasteiger charge is -2.40. The molecule has 0 saturated carbocycles. The van der Waals surface area contributed by atoms with Crippen molar-refractivity contribution in [2.24, 2.45) is 0 Å². The molecule has 0 amide bonds. The molecule has 0 atom stereocenters. The summed E-state index contributed by atoms with van der Waals surface area (Å²) in [5, 5.41) is 0. The Balaban J connectivity index is 1.07. The SMILES string of the molecule is CC1(C)c2ccccc2-c2ccc(N(c3cccc4c3-c3ccccc3C43c4ccccc4Oc4ccccc43)c3cccc4c3-c3ccccc3C43c4ccccc4Sc4ccccc43)cc21. The van der Waals surface area contributed by atoms with Gasteiger partial charge in [0.1, 0.15) is 11.5 Å². The van der Waals surface area contributed by atoms with Gasteiger partial charge >= 0.3 is 0 Å². The van der Waals surface area contributed by atoms with E-state index in [0.717, 1.165) is 39.7 Å². The molecule has 0 radical (unpaired) electrons. The highest BCUT2D eigenvalue weighted by Crippen LogP contribution is 2.67. The molecule has 2 spiro atoms. The first kappa shape index (κ1) is 38.3. The summed E-state index contributed by atoms with van der Waals surface area (Å²) < 4.78 is 6.78. The maximum Gasteiger partial charge on any atom is 0.132 e. The highest BCUT2D eigenvalue weighted by molar-refractivity contribution is 7.99. The molecular weight excluding hydrogens is 843 g/mol. The van der Waals surface area contributed by atoms with Gasteiger partial charge in [-0.15, -0.1) is 0 Å². The summed E-state index contributed by atoms with van der Waals surface area (Å²) >= 11 is 1.89. The van der Waals surface area contributed by atoms with Crippen LogP contribution in [-0.2, 0) is 16.2 Å². The van der Waals surface area contributed by atoms with E-state index in [0.29, 0.717) is 0 Å². The normalized spacial score (nSPS) is 15.6. The third-order valence-corrected chi connectivity index (χ3v) is 17.2. The molecule has 0 aromatic heterocycles. The van der Waals surface area contributed by atoms with Gasteiger partial charge in [0.05, 0.1) is 22.2 Å². The fourth-order valence-electron chi connectivity index (χ4n) is 13.4. The van der Waals surface area contributed by atoms with Gasteiger partial charge in [0.2, 0.25) is 0 Å². The van der Waals surface area contributed by atoms with Crippen molar-refractivity contribution in [3.05, 3.63) is 280 Å². The molecule has 2 aliphatic heterocycles. The zero-order valence-electron chi connectivity index (χ0n) is 37.6. The van der Waals surface area contributed by atoms with Gasteiger partial charge in [0.25, 0.3) is 0 Å². The maximum absolute atomic E-state index is 6.78. The molecule has 0 bridgehead atoms. The van der Waals surface area contributed by atoms with Crippen molar-refractivity contribution >= 4 is 28.8 Å². The van der Waals surface area contributed by atoms with Crippen molar-refractivity contribution in [2.75, 3.05) is 4.90 Å². The summed E-state index contributed by atoms with van der Waals surface area (Å²) in [5.41, 5.74) is 22.6. The van der Waals surface area contributed by atoms with Crippen molar-refractivity contribution < 1.29 is 4.74 Å². The van der Waals surface area contributed by atoms with Gasteiger partial charge in [0.15, 0.2) is 0 Å². The number of para-hydroxylation sites is 2. The summed E-state index contributed by atoms with van der Waals surface area (Å²) in [4.78, 5) is 5.22. The molecule has 320 valence electrons. The second-order valence-corrected chi connectivity index (χ2v) is 20.5. The van der Waals surface area contributed by atoms with Crippen LogP contribution in [0.3, 0.4) is 0 Å². The summed E-state index contributed by atoms with van der Waals surface area (Å²) in [6.45, 7) is 4.78. The first-order valence-corrected chi connectivity index (χ1v) is 24.6. The molecule has 0 fully saturated rings. The molecule has 3 aliphatic carbocycles. The van der Waals surface area contributed by atoms with E-state index in [2.05, 4.69) is 243 Å². The van der Waals surface area contributed by atoms with Crippen molar-refractivity contribution in [3.63, 3.8) is 0 Å². The summed E-state index contributed by atoms with van der Waals surface area (Å²) in [6, 6.07) is 84.3. The number of rotatable bonds is 3. The van der Waals surface area contributed by atoms with Crippen LogP contribution < -0.4 is 9.64 Å². The van der Waals surface area contributed by atoms with Crippen LogP contribution in [0.25, 0.3) is 33.4 Å². The van der Waals surface area contributed by atoms with E-state index in [4.69, 9.17) is 4.74 Å². The van der Waals surface area contributed by atoms with E-state index in [1.54, 1.807) is 0 Å². The lowest BCUT2D eigenvalue weighted by molar-refractivity contribution is 0.436. The maximum atomic E-state index is 6.78.